The van der Waals surface area contributed by atoms with Gasteiger partial charge in [0.05, 0.1) is 10.7 Å². The van der Waals surface area contributed by atoms with Crippen LogP contribution < -0.4 is 9.47 Å². The number of nitrogens with zero attached hydrogens (tertiary/aromatic N) is 2. The summed E-state index contributed by atoms with van der Waals surface area (Å²) in [5.41, 5.74) is 1.80. The van der Waals surface area contributed by atoms with Gasteiger partial charge in [-0.25, -0.2) is 4.79 Å². The third-order valence-electron chi connectivity index (χ3n) is 5.26. The van der Waals surface area contributed by atoms with Crippen LogP contribution in [-0.2, 0) is 17.9 Å². The summed E-state index contributed by atoms with van der Waals surface area (Å²) < 4.78 is 18.3. The molecule has 7 heteroatoms. The Morgan fingerprint density at radius 1 is 1.12 bits per heavy atom. The first-order valence-corrected chi connectivity index (χ1v) is 12.0. The normalized spacial score (nSPS) is 17.2. The molecule has 1 amide bonds. The van der Waals surface area contributed by atoms with Gasteiger partial charge in [-0.05, 0) is 73.5 Å². The Labute approximate surface area is 205 Å². The van der Waals surface area contributed by atoms with Gasteiger partial charge in [0.25, 0.3) is 0 Å². The number of methoxy groups -OCH3 is 1. The van der Waals surface area contributed by atoms with E-state index >= 15 is 0 Å². The fraction of sp³-hybridized carbons (Fsp3) is 0.480. The highest BCUT2D eigenvalue weighted by Crippen LogP contribution is 2.35. The second kappa shape index (κ2) is 10.7. The van der Waals surface area contributed by atoms with Gasteiger partial charge in [0.15, 0.2) is 11.5 Å². The molecule has 1 atom stereocenters. The average Bonchev–Trinajstić information content (AvgIpc) is 2.72. The summed E-state index contributed by atoms with van der Waals surface area (Å²) in [4.78, 5) is 16.7. The zero-order valence-corrected chi connectivity index (χ0v) is 21.7. The maximum Gasteiger partial charge on any atom is 0.410 e. The van der Waals surface area contributed by atoms with Gasteiger partial charge in [-0.1, -0.05) is 30.3 Å². The Balaban J connectivity index is 1.63. The van der Waals surface area contributed by atoms with Crippen molar-refractivity contribution in [2.24, 2.45) is 0 Å². The van der Waals surface area contributed by atoms with E-state index < -0.39 is 5.60 Å². The standard InChI is InChI=1S/C25H33IN2O4/c1-18-15-27(11-12-28(18)24(29)32-25(2,3)4)16-20-13-21(26)23(22(14-20)30-5)31-17-19-9-7-6-8-10-19/h6-10,13-14,18H,11-12,15-17H2,1-5H3/t18-/m0/s1. The molecule has 0 bridgehead atoms. The van der Waals surface area contributed by atoms with Gasteiger partial charge in [-0.2, -0.15) is 0 Å². The molecular formula is C25H33IN2O4. The van der Waals surface area contributed by atoms with E-state index in [2.05, 4.69) is 40.5 Å². The van der Waals surface area contributed by atoms with E-state index in [1.54, 1.807) is 7.11 Å². The fourth-order valence-corrected chi connectivity index (χ4v) is 4.58. The number of amides is 1. The van der Waals surface area contributed by atoms with E-state index in [-0.39, 0.29) is 12.1 Å². The summed E-state index contributed by atoms with van der Waals surface area (Å²) >= 11 is 2.31. The predicted molar refractivity (Wildman–Crippen MR) is 134 cm³/mol. The number of benzene rings is 2. The summed E-state index contributed by atoms with van der Waals surface area (Å²) in [6.07, 6.45) is -0.235. The molecule has 1 aliphatic rings. The molecular weight excluding hydrogens is 519 g/mol. The first kappa shape index (κ1) is 24.6. The summed E-state index contributed by atoms with van der Waals surface area (Å²) in [6, 6.07) is 14.4. The molecule has 0 spiro atoms. The van der Waals surface area contributed by atoms with Crippen molar-refractivity contribution in [3.8, 4) is 11.5 Å². The summed E-state index contributed by atoms with van der Waals surface area (Å²) in [7, 11) is 1.67. The Kier molecular flexibility index (Phi) is 8.27. The van der Waals surface area contributed by atoms with Crippen molar-refractivity contribution < 1.29 is 19.0 Å². The molecule has 0 aromatic heterocycles. The van der Waals surface area contributed by atoms with Crippen LogP contribution in [0.1, 0.15) is 38.8 Å². The highest BCUT2D eigenvalue weighted by Gasteiger charge is 2.31. The molecule has 0 saturated carbocycles. The van der Waals surface area contributed by atoms with Gasteiger partial charge in [0.2, 0.25) is 0 Å². The van der Waals surface area contributed by atoms with Crippen molar-refractivity contribution in [2.45, 2.75) is 52.5 Å². The summed E-state index contributed by atoms with van der Waals surface area (Å²) in [5.74, 6) is 1.51. The monoisotopic (exact) mass is 552 g/mol. The topological polar surface area (TPSA) is 51.2 Å². The van der Waals surface area contributed by atoms with Crippen LogP contribution in [0.25, 0.3) is 0 Å². The minimum Gasteiger partial charge on any atom is -0.493 e. The van der Waals surface area contributed by atoms with Gasteiger partial charge in [-0.3, -0.25) is 4.90 Å². The molecule has 32 heavy (non-hydrogen) atoms. The maximum absolute atomic E-state index is 12.5. The minimum atomic E-state index is -0.481. The number of halogens is 1. The first-order valence-electron chi connectivity index (χ1n) is 10.9. The lowest BCUT2D eigenvalue weighted by molar-refractivity contribution is 0.000553. The number of hydrogen-bond acceptors (Lipinski definition) is 5. The third-order valence-corrected chi connectivity index (χ3v) is 6.06. The molecule has 2 aromatic rings. The fourth-order valence-electron chi connectivity index (χ4n) is 3.76. The number of carbonyl (C=O) groups excluding carboxylic acids is 1. The van der Waals surface area contributed by atoms with E-state index in [4.69, 9.17) is 14.2 Å². The molecule has 1 fully saturated rings. The number of ether oxygens (including phenoxy) is 3. The minimum absolute atomic E-state index is 0.0908. The second-order valence-corrected chi connectivity index (χ2v) is 10.3. The molecule has 1 aliphatic heterocycles. The molecule has 1 saturated heterocycles. The van der Waals surface area contributed by atoms with Crippen LogP contribution >= 0.6 is 22.6 Å². The van der Waals surface area contributed by atoms with E-state index in [0.29, 0.717) is 13.2 Å². The van der Waals surface area contributed by atoms with Crippen LogP contribution in [0.5, 0.6) is 11.5 Å². The van der Waals surface area contributed by atoms with Gasteiger partial charge >= 0.3 is 6.09 Å². The average molecular weight is 552 g/mol. The maximum atomic E-state index is 12.5. The van der Waals surface area contributed by atoms with Crippen LogP contribution in [0.2, 0.25) is 0 Å². The highest BCUT2D eigenvalue weighted by atomic mass is 127. The molecule has 0 radical (unpaired) electrons. The number of carbonyl (C=O) groups is 1. The van der Waals surface area contributed by atoms with Crippen molar-refractivity contribution in [3.05, 3.63) is 57.2 Å². The van der Waals surface area contributed by atoms with E-state index in [1.165, 1.54) is 0 Å². The number of rotatable bonds is 6. The van der Waals surface area contributed by atoms with Gasteiger partial charge in [0, 0.05) is 32.2 Å². The van der Waals surface area contributed by atoms with Gasteiger partial charge < -0.3 is 19.1 Å². The second-order valence-electron chi connectivity index (χ2n) is 9.14. The third kappa shape index (κ3) is 6.75. The zero-order valence-electron chi connectivity index (χ0n) is 19.6. The molecule has 6 nitrogen and oxygen atoms in total. The molecule has 0 aliphatic carbocycles. The molecule has 3 rings (SSSR count). The number of piperazine rings is 1. The van der Waals surface area contributed by atoms with E-state index in [9.17, 15) is 4.79 Å². The molecule has 0 N–H and O–H groups in total. The van der Waals surface area contributed by atoms with Crippen LogP contribution in [0.15, 0.2) is 42.5 Å². The van der Waals surface area contributed by atoms with Crippen molar-refractivity contribution >= 4 is 28.7 Å². The van der Waals surface area contributed by atoms with Gasteiger partial charge in [-0.15, -0.1) is 0 Å². The zero-order chi connectivity index (χ0) is 23.3. The molecule has 0 unspecified atom stereocenters. The van der Waals surface area contributed by atoms with Gasteiger partial charge in [0.1, 0.15) is 12.2 Å². The van der Waals surface area contributed by atoms with Crippen LogP contribution in [0, 0.1) is 3.57 Å². The Morgan fingerprint density at radius 2 is 1.84 bits per heavy atom. The quantitative estimate of drug-likeness (QED) is 0.455. The molecule has 174 valence electrons. The van der Waals surface area contributed by atoms with Crippen molar-refractivity contribution in [1.82, 2.24) is 9.80 Å². The Morgan fingerprint density at radius 3 is 2.47 bits per heavy atom. The largest absolute Gasteiger partial charge is 0.493 e. The molecule has 2 aromatic carbocycles. The van der Waals surface area contributed by atoms with Crippen LogP contribution in [0.3, 0.4) is 0 Å². The highest BCUT2D eigenvalue weighted by molar-refractivity contribution is 14.1. The molecule has 1 heterocycles. The lowest BCUT2D eigenvalue weighted by Crippen LogP contribution is -2.54. The number of hydrogen-bond donors (Lipinski definition) is 0. The first-order chi connectivity index (χ1) is 15.2. The van der Waals surface area contributed by atoms with Crippen molar-refractivity contribution in [2.75, 3.05) is 26.7 Å². The van der Waals surface area contributed by atoms with E-state index in [1.807, 2.05) is 62.1 Å². The Hall–Kier alpha value is -2.00. The van der Waals surface area contributed by atoms with Crippen LogP contribution in [-0.4, -0.2) is 54.3 Å². The predicted octanol–water partition coefficient (Wildman–Crippen LogP) is 5.32. The van der Waals surface area contributed by atoms with E-state index in [0.717, 1.165) is 45.8 Å². The van der Waals surface area contributed by atoms with Crippen molar-refractivity contribution in [1.29, 1.82) is 0 Å². The lowest BCUT2D eigenvalue weighted by Gasteiger charge is -2.40. The SMILES string of the molecule is COc1cc(CN2CCN(C(=O)OC(C)(C)C)[C@@H](C)C2)cc(I)c1OCc1ccccc1. The smallest absolute Gasteiger partial charge is 0.410 e. The summed E-state index contributed by atoms with van der Waals surface area (Å²) in [6.45, 7) is 11.3. The summed E-state index contributed by atoms with van der Waals surface area (Å²) in [5, 5.41) is 0. The van der Waals surface area contributed by atoms with Crippen LogP contribution in [0.4, 0.5) is 4.79 Å². The van der Waals surface area contributed by atoms with Crippen molar-refractivity contribution in [3.63, 3.8) is 0 Å². The lowest BCUT2D eigenvalue weighted by atomic mass is 10.1. The Bertz CT molecular complexity index is 914.